The highest BCUT2D eigenvalue weighted by Crippen LogP contribution is 2.08. The lowest BCUT2D eigenvalue weighted by atomic mass is 10.1. The molecule has 0 rings (SSSR count). The topological polar surface area (TPSA) is 20.2 Å². The largest absolute Gasteiger partial charge is 0.393 e. The van der Waals surface area contributed by atoms with Crippen molar-refractivity contribution in [2.45, 2.75) is 44.6 Å². The molecule has 2 atom stereocenters. The molecule has 0 radical (unpaired) electrons. The number of hydrogen-bond acceptors (Lipinski definition) is 1. The molecule has 2 heteroatoms. The molecule has 56 valence electrons. The van der Waals surface area contributed by atoms with Crippen LogP contribution in [0.1, 0.15) is 33.1 Å². The summed E-state index contributed by atoms with van der Waals surface area (Å²) in [5, 5.41) is 9.24. The van der Waals surface area contributed by atoms with Gasteiger partial charge in [-0.15, -0.1) is 11.6 Å². The maximum atomic E-state index is 9.14. The summed E-state index contributed by atoms with van der Waals surface area (Å²) >= 11 is 5.65. The van der Waals surface area contributed by atoms with Crippen LogP contribution in [0.15, 0.2) is 0 Å². The first-order chi connectivity index (χ1) is 4.16. The van der Waals surface area contributed by atoms with E-state index in [9.17, 15) is 0 Å². The van der Waals surface area contributed by atoms with Gasteiger partial charge in [-0.25, -0.2) is 0 Å². The number of halogens is 1. The minimum absolute atomic E-state index is 0.103. The molecule has 0 saturated carbocycles. The lowest BCUT2D eigenvalue weighted by molar-refractivity contribution is 0.154. The third-order valence-electron chi connectivity index (χ3n) is 1.22. The predicted molar refractivity (Wildman–Crippen MR) is 40.8 cm³/mol. The monoisotopic (exact) mass is 150 g/mol. The fourth-order valence-corrected chi connectivity index (χ4v) is 1.03. The van der Waals surface area contributed by atoms with Crippen LogP contribution < -0.4 is 0 Å². The Hall–Kier alpha value is 0.250. The summed E-state index contributed by atoms with van der Waals surface area (Å²) in [7, 11) is 0. The molecule has 0 aromatic carbocycles. The summed E-state index contributed by atoms with van der Waals surface area (Å²) < 4.78 is 0. The van der Waals surface area contributed by atoms with E-state index in [1.165, 1.54) is 0 Å². The van der Waals surface area contributed by atoms with E-state index in [2.05, 4.69) is 6.92 Å². The van der Waals surface area contributed by atoms with Crippen molar-refractivity contribution >= 4 is 11.6 Å². The van der Waals surface area contributed by atoms with Gasteiger partial charge in [-0.2, -0.15) is 0 Å². The van der Waals surface area contributed by atoms with Crippen LogP contribution in [-0.2, 0) is 0 Å². The van der Waals surface area contributed by atoms with Gasteiger partial charge < -0.3 is 5.11 Å². The molecule has 0 saturated heterocycles. The van der Waals surface area contributed by atoms with Crippen molar-refractivity contribution in [2.75, 3.05) is 0 Å². The van der Waals surface area contributed by atoms with Crippen LogP contribution in [0.4, 0.5) is 0 Å². The Morgan fingerprint density at radius 1 is 1.56 bits per heavy atom. The number of alkyl halides is 1. The molecular weight excluding hydrogens is 136 g/mol. The third-order valence-corrected chi connectivity index (χ3v) is 1.40. The zero-order chi connectivity index (χ0) is 7.28. The van der Waals surface area contributed by atoms with Gasteiger partial charge in [0, 0.05) is 5.38 Å². The van der Waals surface area contributed by atoms with Crippen molar-refractivity contribution in [3.8, 4) is 0 Å². The van der Waals surface area contributed by atoms with Crippen molar-refractivity contribution in [1.82, 2.24) is 0 Å². The molecule has 0 amide bonds. The van der Waals surface area contributed by atoms with Gasteiger partial charge in [0.2, 0.25) is 0 Å². The second-order valence-electron chi connectivity index (χ2n) is 2.46. The van der Waals surface area contributed by atoms with Crippen LogP contribution in [0.25, 0.3) is 0 Å². The lowest BCUT2D eigenvalue weighted by Gasteiger charge is -2.09. The highest BCUT2D eigenvalue weighted by molar-refractivity contribution is 6.20. The van der Waals surface area contributed by atoms with E-state index in [4.69, 9.17) is 16.7 Å². The van der Waals surface area contributed by atoms with E-state index >= 15 is 0 Å². The van der Waals surface area contributed by atoms with Gasteiger partial charge in [-0.05, 0) is 19.8 Å². The Bertz CT molecular complexity index is 63.9. The summed E-state index contributed by atoms with van der Waals surface area (Å²) in [6.07, 6.45) is 2.43. The Labute approximate surface area is 62.0 Å². The van der Waals surface area contributed by atoms with Crippen LogP contribution >= 0.6 is 11.6 Å². The molecule has 0 aliphatic heterocycles. The molecule has 0 bridgehead atoms. The maximum Gasteiger partial charge on any atom is 0.0554 e. The first-order valence-corrected chi connectivity index (χ1v) is 3.92. The fourth-order valence-electron chi connectivity index (χ4n) is 0.826. The SMILES string of the molecule is CCCC(O)CC(C)Cl. The van der Waals surface area contributed by atoms with Gasteiger partial charge in [-0.1, -0.05) is 13.3 Å². The Morgan fingerprint density at radius 2 is 2.11 bits per heavy atom. The molecule has 0 fully saturated rings. The third kappa shape index (κ3) is 6.13. The summed E-state index contributed by atoms with van der Waals surface area (Å²) in [4.78, 5) is 0. The van der Waals surface area contributed by atoms with E-state index in [1.54, 1.807) is 0 Å². The summed E-state index contributed by atoms with van der Waals surface area (Å²) in [5.74, 6) is 0. The van der Waals surface area contributed by atoms with Gasteiger partial charge in [0.15, 0.2) is 0 Å². The average molecular weight is 151 g/mol. The standard InChI is InChI=1S/C7H15ClO/c1-3-4-7(9)5-6(2)8/h6-7,9H,3-5H2,1-2H3. The maximum absolute atomic E-state index is 9.14. The van der Waals surface area contributed by atoms with E-state index in [0.29, 0.717) is 0 Å². The van der Waals surface area contributed by atoms with Crippen LogP contribution in [0.2, 0.25) is 0 Å². The first-order valence-electron chi connectivity index (χ1n) is 3.49. The number of aliphatic hydroxyl groups is 1. The van der Waals surface area contributed by atoms with Crippen LogP contribution in [0, 0.1) is 0 Å². The zero-order valence-electron chi connectivity index (χ0n) is 6.10. The van der Waals surface area contributed by atoms with Crippen molar-refractivity contribution in [1.29, 1.82) is 0 Å². The van der Waals surface area contributed by atoms with Crippen molar-refractivity contribution in [2.24, 2.45) is 0 Å². The Balaban J connectivity index is 3.15. The normalized spacial score (nSPS) is 17.3. The van der Waals surface area contributed by atoms with Crippen LogP contribution in [-0.4, -0.2) is 16.6 Å². The summed E-state index contributed by atoms with van der Waals surface area (Å²) in [5.41, 5.74) is 0. The van der Waals surface area contributed by atoms with E-state index in [-0.39, 0.29) is 11.5 Å². The summed E-state index contributed by atoms with van der Waals surface area (Å²) in [6.45, 7) is 3.96. The molecule has 0 aliphatic rings. The van der Waals surface area contributed by atoms with Crippen LogP contribution in [0.3, 0.4) is 0 Å². The lowest BCUT2D eigenvalue weighted by Crippen LogP contribution is -2.10. The van der Waals surface area contributed by atoms with Gasteiger partial charge in [0.05, 0.1) is 6.10 Å². The Morgan fingerprint density at radius 3 is 2.44 bits per heavy atom. The average Bonchev–Trinajstić information content (AvgIpc) is 1.63. The highest BCUT2D eigenvalue weighted by Gasteiger charge is 2.05. The first kappa shape index (κ1) is 9.25. The smallest absolute Gasteiger partial charge is 0.0554 e. The van der Waals surface area contributed by atoms with Crippen molar-refractivity contribution < 1.29 is 5.11 Å². The number of rotatable bonds is 4. The van der Waals surface area contributed by atoms with Gasteiger partial charge in [0.25, 0.3) is 0 Å². The molecule has 0 spiro atoms. The molecule has 2 unspecified atom stereocenters. The summed E-state index contributed by atoms with van der Waals surface area (Å²) in [6, 6.07) is 0. The molecule has 0 aliphatic carbocycles. The molecule has 0 aromatic heterocycles. The minimum Gasteiger partial charge on any atom is -0.393 e. The van der Waals surface area contributed by atoms with Crippen LogP contribution in [0.5, 0.6) is 0 Å². The molecule has 1 N–H and O–H groups in total. The Kier molecular flexibility index (Phi) is 5.21. The number of hydrogen-bond donors (Lipinski definition) is 1. The molecule has 0 heterocycles. The second-order valence-corrected chi connectivity index (χ2v) is 3.20. The van der Waals surface area contributed by atoms with Crippen molar-refractivity contribution in [3.05, 3.63) is 0 Å². The zero-order valence-corrected chi connectivity index (χ0v) is 6.86. The predicted octanol–water partition coefficient (Wildman–Crippen LogP) is 2.16. The second kappa shape index (κ2) is 5.07. The van der Waals surface area contributed by atoms with E-state index < -0.39 is 0 Å². The highest BCUT2D eigenvalue weighted by atomic mass is 35.5. The van der Waals surface area contributed by atoms with Gasteiger partial charge in [-0.3, -0.25) is 0 Å². The van der Waals surface area contributed by atoms with Gasteiger partial charge in [0.1, 0.15) is 0 Å². The number of aliphatic hydroxyl groups excluding tert-OH is 1. The molecule has 9 heavy (non-hydrogen) atoms. The fraction of sp³-hybridized carbons (Fsp3) is 1.00. The molecular formula is C7H15ClO. The quantitative estimate of drug-likeness (QED) is 0.609. The van der Waals surface area contributed by atoms with E-state index in [1.807, 2.05) is 6.92 Å². The van der Waals surface area contributed by atoms with Crippen molar-refractivity contribution in [3.63, 3.8) is 0 Å². The van der Waals surface area contributed by atoms with E-state index in [0.717, 1.165) is 19.3 Å². The molecule has 0 aromatic rings. The molecule has 1 nitrogen and oxygen atoms in total. The minimum atomic E-state index is -0.192. The van der Waals surface area contributed by atoms with Gasteiger partial charge >= 0.3 is 0 Å².